The molecular formula is C10H21NO3. The van der Waals surface area contributed by atoms with Gasteiger partial charge in [0.15, 0.2) is 0 Å². The van der Waals surface area contributed by atoms with Gasteiger partial charge in [0.05, 0.1) is 32.0 Å². The fourth-order valence-corrected chi connectivity index (χ4v) is 1.48. The Hall–Kier alpha value is -0.160. The number of aliphatic hydroxyl groups excluding tert-OH is 1. The summed E-state index contributed by atoms with van der Waals surface area (Å²) in [4.78, 5) is 0. The van der Waals surface area contributed by atoms with Crippen LogP contribution in [0.25, 0.3) is 0 Å². The summed E-state index contributed by atoms with van der Waals surface area (Å²) in [5.74, 6) is 0.444. The molecule has 1 atom stereocenters. The summed E-state index contributed by atoms with van der Waals surface area (Å²) in [6.07, 6.45) is 2.23. The third-order valence-corrected chi connectivity index (χ3v) is 2.63. The Morgan fingerprint density at radius 3 is 2.50 bits per heavy atom. The van der Waals surface area contributed by atoms with Gasteiger partial charge in [-0.1, -0.05) is 0 Å². The van der Waals surface area contributed by atoms with Gasteiger partial charge in [-0.05, 0) is 25.7 Å². The maximum Gasteiger partial charge on any atom is 0.0701 e. The molecule has 0 spiro atoms. The largest absolute Gasteiger partial charge is 0.394 e. The van der Waals surface area contributed by atoms with Gasteiger partial charge in [-0.25, -0.2) is 0 Å². The number of aliphatic hydroxyl groups is 1. The molecule has 14 heavy (non-hydrogen) atoms. The molecule has 0 aliphatic heterocycles. The molecule has 1 aliphatic rings. The van der Waals surface area contributed by atoms with Crippen LogP contribution in [0, 0.1) is 5.92 Å². The average Bonchev–Trinajstić information content (AvgIpc) is 3.01. The molecule has 1 aliphatic carbocycles. The first kappa shape index (κ1) is 11.9. The minimum atomic E-state index is -0.522. The highest BCUT2D eigenvalue weighted by Gasteiger charge is 2.41. The van der Waals surface area contributed by atoms with E-state index in [1.807, 2.05) is 6.92 Å². The van der Waals surface area contributed by atoms with E-state index in [9.17, 15) is 0 Å². The van der Waals surface area contributed by atoms with Crippen LogP contribution in [0.2, 0.25) is 0 Å². The van der Waals surface area contributed by atoms with Crippen LogP contribution in [0.15, 0.2) is 0 Å². The van der Waals surface area contributed by atoms with Gasteiger partial charge in [-0.15, -0.1) is 0 Å². The number of rotatable bonds is 8. The second kappa shape index (κ2) is 5.66. The van der Waals surface area contributed by atoms with E-state index >= 15 is 0 Å². The lowest BCUT2D eigenvalue weighted by atomic mass is 9.97. The Morgan fingerprint density at radius 1 is 1.36 bits per heavy atom. The molecule has 1 rings (SSSR count). The molecule has 1 unspecified atom stereocenters. The molecule has 1 fully saturated rings. The topological polar surface area (TPSA) is 64.7 Å². The van der Waals surface area contributed by atoms with Gasteiger partial charge in [0.2, 0.25) is 0 Å². The van der Waals surface area contributed by atoms with Crippen molar-refractivity contribution < 1.29 is 14.6 Å². The minimum absolute atomic E-state index is 0.00625. The van der Waals surface area contributed by atoms with E-state index in [0.29, 0.717) is 32.3 Å². The van der Waals surface area contributed by atoms with Crippen LogP contribution in [-0.4, -0.2) is 43.7 Å². The number of nitrogens with two attached hydrogens (primary N) is 1. The summed E-state index contributed by atoms with van der Waals surface area (Å²) < 4.78 is 10.5. The molecule has 0 saturated heterocycles. The first-order valence-corrected chi connectivity index (χ1v) is 5.28. The van der Waals surface area contributed by atoms with Crippen molar-refractivity contribution in [1.29, 1.82) is 0 Å². The van der Waals surface area contributed by atoms with E-state index < -0.39 is 5.54 Å². The number of hydrogen-bond acceptors (Lipinski definition) is 4. The lowest BCUT2D eigenvalue weighted by molar-refractivity contribution is 0.0108. The molecule has 0 aromatic carbocycles. The standard InChI is InChI=1S/C10H21NO3/c1-2-13-5-6-14-8-10(11,7-12)9-3-4-9/h9,12H,2-8,11H2,1H3. The van der Waals surface area contributed by atoms with Crippen LogP contribution in [-0.2, 0) is 9.47 Å². The summed E-state index contributed by atoms with van der Waals surface area (Å²) in [7, 11) is 0. The van der Waals surface area contributed by atoms with Gasteiger partial charge >= 0.3 is 0 Å². The van der Waals surface area contributed by atoms with Crippen molar-refractivity contribution in [1.82, 2.24) is 0 Å². The molecule has 84 valence electrons. The van der Waals surface area contributed by atoms with E-state index in [0.717, 1.165) is 12.8 Å². The van der Waals surface area contributed by atoms with Crippen molar-refractivity contribution in [2.45, 2.75) is 25.3 Å². The van der Waals surface area contributed by atoms with Gasteiger partial charge in [0.1, 0.15) is 0 Å². The van der Waals surface area contributed by atoms with Crippen molar-refractivity contribution in [2.24, 2.45) is 11.7 Å². The van der Waals surface area contributed by atoms with E-state index in [1.54, 1.807) is 0 Å². The molecule has 0 bridgehead atoms. The smallest absolute Gasteiger partial charge is 0.0701 e. The molecule has 4 heteroatoms. The molecule has 4 nitrogen and oxygen atoms in total. The maximum atomic E-state index is 9.16. The predicted molar refractivity (Wildman–Crippen MR) is 54.0 cm³/mol. The fourth-order valence-electron chi connectivity index (χ4n) is 1.48. The average molecular weight is 203 g/mol. The zero-order valence-corrected chi connectivity index (χ0v) is 8.87. The summed E-state index contributed by atoms with van der Waals surface area (Å²) in [5.41, 5.74) is 5.48. The Bertz CT molecular complexity index is 161. The SMILES string of the molecule is CCOCCOCC(N)(CO)C1CC1. The third kappa shape index (κ3) is 3.53. The van der Waals surface area contributed by atoms with Crippen LogP contribution in [0.4, 0.5) is 0 Å². The molecular weight excluding hydrogens is 182 g/mol. The van der Waals surface area contributed by atoms with E-state index in [4.69, 9.17) is 20.3 Å². The first-order valence-electron chi connectivity index (χ1n) is 5.28. The van der Waals surface area contributed by atoms with E-state index in [2.05, 4.69) is 0 Å². The molecule has 0 aromatic heterocycles. The predicted octanol–water partition coefficient (Wildman–Crippen LogP) is 0.139. The highest BCUT2D eigenvalue weighted by Crippen LogP contribution is 2.38. The summed E-state index contributed by atoms with van der Waals surface area (Å²) in [5, 5.41) is 9.16. The zero-order valence-electron chi connectivity index (χ0n) is 8.87. The van der Waals surface area contributed by atoms with Crippen molar-refractivity contribution in [3.8, 4) is 0 Å². The quantitative estimate of drug-likeness (QED) is 0.551. The van der Waals surface area contributed by atoms with Gasteiger partial charge in [-0.3, -0.25) is 0 Å². The molecule has 0 amide bonds. The molecule has 0 radical (unpaired) electrons. The molecule has 1 saturated carbocycles. The summed E-state index contributed by atoms with van der Waals surface area (Å²) in [6.45, 7) is 4.25. The molecule has 0 aromatic rings. The Morgan fingerprint density at radius 2 is 2.00 bits per heavy atom. The Kier molecular flexibility index (Phi) is 4.81. The number of hydrogen-bond donors (Lipinski definition) is 2. The van der Waals surface area contributed by atoms with Gasteiger partial charge in [0, 0.05) is 6.61 Å². The van der Waals surface area contributed by atoms with Crippen LogP contribution in [0.1, 0.15) is 19.8 Å². The third-order valence-electron chi connectivity index (χ3n) is 2.63. The summed E-state index contributed by atoms with van der Waals surface area (Å²) in [6, 6.07) is 0. The van der Waals surface area contributed by atoms with Crippen molar-refractivity contribution >= 4 is 0 Å². The van der Waals surface area contributed by atoms with Crippen LogP contribution >= 0.6 is 0 Å². The van der Waals surface area contributed by atoms with Crippen molar-refractivity contribution in [2.75, 3.05) is 33.0 Å². The normalized spacial score (nSPS) is 20.8. The van der Waals surface area contributed by atoms with Gasteiger partial charge in [0.25, 0.3) is 0 Å². The fraction of sp³-hybridized carbons (Fsp3) is 1.00. The second-order valence-corrected chi connectivity index (χ2v) is 3.92. The van der Waals surface area contributed by atoms with Crippen LogP contribution in [0.5, 0.6) is 0 Å². The maximum absolute atomic E-state index is 9.16. The first-order chi connectivity index (χ1) is 6.73. The van der Waals surface area contributed by atoms with Gasteiger partial charge < -0.3 is 20.3 Å². The zero-order chi connectivity index (χ0) is 10.4. The van der Waals surface area contributed by atoms with Gasteiger partial charge in [-0.2, -0.15) is 0 Å². The molecule has 0 heterocycles. The monoisotopic (exact) mass is 203 g/mol. The lowest BCUT2D eigenvalue weighted by Gasteiger charge is -2.26. The Labute approximate surface area is 85.4 Å². The lowest BCUT2D eigenvalue weighted by Crippen LogP contribution is -2.50. The summed E-state index contributed by atoms with van der Waals surface area (Å²) >= 11 is 0. The minimum Gasteiger partial charge on any atom is -0.394 e. The number of ether oxygens (including phenoxy) is 2. The van der Waals surface area contributed by atoms with E-state index in [-0.39, 0.29) is 6.61 Å². The van der Waals surface area contributed by atoms with E-state index in [1.165, 1.54) is 0 Å². The van der Waals surface area contributed by atoms with Crippen molar-refractivity contribution in [3.05, 3.63) is 0 Å². The Balaban J connectivity index is 2.08. The second-order valence-electron chi connectivity index (χ2n) is 3.92. The molecule has 3 N–H and O–H groups in total. The highest BCUT2D eigenvalue weighted by molar-refractivity contribution is 4.98. The van der Waals surface area contributed by atoms with Crippen LogP contribution < -0.4 is 5.73 Å². The highest BCUT2D eigenvalue weighted by atomic mass is 16.5. The van der Waals surface area contributed by atoms with Crippen LogP contribution in [0.3, 0.4) is 0 Å². The van der Waals surface area contributed by atoms with Crippen molar-refractivity contribution in [3.63, 3.8) is 0 Å².